The van der Waals surface area contributed by atoms with Crippen molar-refractivity contribution in [2.45, 2.75) is 0 Å². The van der Waals surface area contributed by atoms with Crippen LogP contribution in [0.5, 0.6) is 0 Å². The summed E-state index contributed by atoms with van der Waals surface area (Å²) in [7, 11) is 0. The van der Waals surface area contributed by atoms with E-state index < -0.39 is 0 Å². The summed E-state index contributed by atoms with van der Waals surface area (Å²) in [5.41, 5.74) is 5.66. The van der Waals surface area contributed by atoms with Crippen LogP contribution >= 0.6 is 24.0 Å². The second kappa shape index (κ2) is 4.21. The van der Waals surface area contributed by atoms with Crippen LogP contribution in [-0.2, 0) is 0 Å². The first-order valence-electron chi connectivity index (χ1n) is 2.56. The third-order valence-electron chi connectivity index (χ3n) is 0.941. The van der Waals surface area contributed by atoms with E-state index in [2.05, 4.69) is 4.98 Å². The van der Waals surface area contributed by atoms with Crippen molar-refractivity contribution in [1.29, 1.82) is 5.41 Å². The average molecular weight is 249 g/mol. The molecule has 0 spiro atoms. The lowest BCUT2D eigenvalue weighted by atomic mass is 10.3. The van der Waals surface area contributed by atoms with E-state index in [1.54, 1.807) is 24.4 Å². The molecule has 0 saturated carbocycles. The Bertz CT molecular complexity index is 209. The number of hydrogen-bond donors (Lipinski definition) is 2. The summed E-state index contributed by atoms with van der Waals surface area (Å²) in [6.45, 7) is 0. The van der Waals surface area contributed by atoms with Gasteiger partial charge in [-0.1, -0.05) is 6.07 Å². The number of nitrogens with zero attached hydrogens (tertiary/aromatic N) is 1. The Morgan fingerprint density at radius 1 is 1.50 bits per heavy atom. The lowest BCUT2D eigenvalue weighted by molar-refractivity contribution is 1.26. The number of pyridine rings is 1. The summed E-state index contributed by atoms with van der Waals surface area (Å²) in [6.07, 6.45) is 1.61. The summed E-state index contributed by atoms with van der Waals surface area (Å²) in [4.78, 5) is 3.83. The predicted octanol–water partition coefficient (Wildman–Crippen LogP) is 0.984. The molecule has 0 aliphatic carbocycles. The minimum atomic E-state index is 0. The fourth-order valence-corrected chi connectivity index (χ4v) is 0.522. The summed E-state index contributed by atoms with van der Waals surface area (Å²) in [5.74, 6) is 0.00981. The van der Waals surface area contributed by atoms with Gasteiger partial charge in [-0.25, -0.2) is 0 Å². The van der Waals surface area contributed by atoms with Gasteiger partial charge in [-0.2, -0.15) is 0 Å². The van der Waals surface area contributed by atoms with Crippen LogP contribution < -0.4 is 5.73 Å². The van der Waals surface area contributed by atoms with Crippen molar-refractivity contribution in [3.05, 3.63) is 30.1 Å². The van der Waals surface area contributed by atoms with Crippen molar-refractivity contribution in [2.75, 3.05) is 0 Å². The van der Waals surface area contributed by atoms with Crippen LogP contribution in [0.2, 0.25) is 0 Å². The molecule has 1 heterocycles. The third kappa shape index (κ3) is 2.30. The van der Waals surface area contributed by atoms with Gasteiger partial charge in [0.25, 0.3) is 0 Å². The maximum atomic E-state index is 6.95. The fraction of sp³-hybridized carbons (Fsp3) is 0. The monoisotopic (exact) mass is 249 g/mol. The van der Waals surface area contributed by atoms with Crippen molar-refractivity contribution in [1.82, 2.24) is 4.98 Å². The first-order chi connectivity index (χ1) is 4.30. The normalized spacial score (nSPS) is 8.00. The molecule has 1 aromatic heterocycles. The number of hydrogen-bond acceptors (Lipinski definition) is 2. The molecule has 0 aromatic carbocycles. The number of nitrogen functional groups attached to an aromatic ring is 1. The zero-order valence-corrected chi connectivity index (χ0v) is 7.57. The molecular weight excluding hydrogens is 241 g/mol. The molecule has 0 unspecified atom stereocenters. The molecule has 54 valence electrons. The SMILES string of the molecule is I.N=C(N)c1ccccn1. The quantitative estimate of drug-likeness (QED) is 0.442. The Morgan fingerprint density at radius 2 is 2.20 bits per heavy atom. The molecule has 0 radical (unpaired) electrons. The van der Waals surface area contributed by atoms with Crippen molar-refractivity contribution >= 4 is 29.8 Å². The smallest absolute Gasteiger partial charge is 0.141 e. The van der Waals surface area contributed by atoms with E-state index in [0.29, 0.717) is 5.69 Å². The molecule has 0 saturated heterocycles. The van der Waals surface area contributed by atoms with Crippen molar-refractivity contribution in [3.8, 4) is 0 Å². The maximum Gasteiger partial charge on any atom is 0.141 e. The van der Waals surface area contributed by atoms with Crippen LogP contribution in [0.25, 0.3) is 0 Å². The summed E-state index contributed by atoms with van der Waals surface area (Å²) in [6, 6.07) is 5.28. The molecule has 0 aliphatic rings. The van der Waals surface area contributed by atoms with E-state index in [0.717, 1.165) is 0 Å². The standard InChI is InChI=1S/C6H7N3.HI/c7-6(8)5-3-1-2-4-9-5;/h1-4H,(H3,7,8);1H. The highest BCUT2D eigenvalue weighted by atomic mass is 127. The minimum Gasteiger partial charge on any atom is -0.382 e. The molecule has 0 bridgehead atoms. The Morgan fingerprint density at radius 3 is 2.50 bits per heavy atom. The van der Waals surface area contributed by atoms with Crippen LogP contribution in [0.4, 0.5) is 0 Å². The third-order valence-corrected chi connectivity index (χ3v) is 0.941. The van der Waals surface area contributed by atoms with Crippen LogP contribution in [0.3, 0.4) is 0 Å². The van der Waals surface area contributed by atoms with Crippen LogP contribution in [0.1, 0.15) is 5.69 Å². The zero-order valence-electron chi connectivity index (χ0n) is 5.24. The van der Waals surface area contributed by atoms with E-state index >= 15 is 0 Å². The van der Waals surface area contributed by atoms with Gasteiger partial charge in [0.2, 0.25) is 0 Å². The van der Waals surface area contributed by atoms with E-state index in [1.165, 1.54) is 0 Å². The Labute approximate surface area is 76.2 Å². The number of rotatable bonds is 1. The van der Waals surface area contributed by atoms with Crippen LogP contribution in [0, 0.1) is 5.41 Å². The Kier molecular flexibility index (Phi) is 3.94. The summed E-state index contributed by atoms with van der Waals surface area (Å²) >= 11 is 0. The van der Waals surface area contributed by atoms with Crippen LogP contribution in [0.15, 0.2) is 24.4 Å². The average Bonchev–Trinajstić information content (AvgIpc) is 1.90. The van der Waals surface area contributed by atoms with Gasteiger partial charge >= 0.3 is 0 Å². The molecule has 1 aromatic rings. The lowest BCUT2D eigenvalue weighted by Gasteiger charge is -1.91. The first kappa shape index (κ1) is 9.35. The molecule has 3 nitrogen and oxygen atoms in total. The highest BCUT2D eigenvalue weighted by Crippen LogP contribution is 1.88. The van der Waals surface area contributed by atoms with Crippen molar-refractivity contribution in [3.63, 3.8) is 0 Å². The Balaban J connectivity index is 0.000000810. The summed E-state index contributed by atoms with van der Waals surface area (Å²) in [5, 5.41) is 6.95. The number of aromatic nitrogens is 1. The molecule has 1 rings (SSSR count). The van der Waals surface area contributed by atoms with E-state index in [-0.39, 0.29) is 29.8 Å². The van der Waals surface area contributed by atoms with E-state index in [4.69, 9.17) is 11.1 Å². The Hall–Kier alpha value is -0.650. The molecule has 3 N–H and O–H groups in total. The zero-order chi connectivity index (χ0) is 6.69. The predicted molar refractivity (Wildman–Crippen MR) is 50.7 cm³/mol. The van der Waals surface area contributed by atoms with Gasteiger partial charge in [0.05, 0.1) is 0 Å². The maximum absolute atomic E-state index is 6.95. The number of nitrogens with two attached hydrogens (primary N) is 1. The molecule has 0 fully saturated rings. The molecule has 10 heavy (non-hydrogen) atoms. The number of nitrogens with one attached hydrogen (secondary N) is 1. The van der Waals surface area contributed by atoms with Gasteiger partial charge in [0.15, 0.2) is 0 Å². The molecule has 0 amide bonds. The summed E-state index contributed by atoms with van der Waals surface area (Å²) < 4.78 is 0. The van der Waals surface area contributed by atoms with Crippen molar-refractivity contribution in [2.24, 2.45) is 5.73 Å². The second-order valence-corrected chi connectivity index (χ2v) is 1.63. The highest BCUT2D eigenvalue weighted by Gasteiger charge is 1.91. The minimum absolute atomic E-state index is 0. The van der Waals surface area contributed by atoms with E-state index in [1.807, 2.05) is 0 Å². The van der Waals surface area contributed by atoms with Gasteiger partial charge in [0.1, 0.15) is 11.5 Å². The van der Waals surface area contributed by atoms with E-state index in [9.17, 15) is 0 Å². The lowest BCUT2D eigenvalue weighted by Crippen LogP contribution is -2.12. The fourth-order valence-electron chi connectivity index (χ4n) is 0.522. The number of halogens is 1. The van der Waals surface area contributed by atoms with Crippen molar-refractivity contribution < 1.29 is 0 Å². The molecule has 0 atom stereocenters. The van der Waals surface area contributed by atoms with Gasteiger partial charge in [-0.15, -0.1) is 24.0 Å². The molecule has 0 aliphatic heterocycles. The highest BCUT2D eigenvalue weighted by molar-refractivity contribution is 14.0. The number of amidine groups is 1. The molecular formula is C6H8IN3. The van der Waals surface area contributed by atoms with Gasteiger partial charge in [0, 0.05) is 6.20 Å². The first-order valence-corrected chi connectivity index (χ1v) is 2.56. The van der Waals surface area contributed by atoms with Gasteiger partial charge < -0.3 is 5.73 Å². The second-order valence-electron chi connectivity index (χ2n) is 1.63. The van der Waals surface area contributed by atoms with Crippen LogP contribution in [-0.4, -0.2) is 10.8 Å². The molecule has 4 heteroatoms. The largest absolute Gasteiger partial charge is 0.382 e. The van der Waals surface area contributed by atoms with Gasteiger partial charge in [-0.3, -0.25) is 10.4 Å². The van der Waals surface area contributed by atoms with Gasteiger partial charge in [-0.05, 0) is 12.1 Å². The topological polar surface area (TPSA) is 62.8 Å².